The van der Waals surface area contributed by atoms with Crippen molar-refractivity contribution in [2.75, 3.05) is 26.7 Å². The molecule has 0 spiro atoms. The first-order chi connectivity index (χ1) is 13.7. The average molecular weight is 383 g/mol. The van der Waals surface area contributed by atoms with Crippen molar-refractivity contribution in [2.45, 2.75) is 51.5 Å². The fraction of sp³-hybridized carbons (Fsp3) is 0.565. The van der Waals surface area contributed by atoms with Crippen molar-refractivity contribution < 1.29 is 9.53 Å². The lowest BCUT2D eigenvalue weighted by molar-refractivity contribution is 0.0924. The minimum Gasteiger partial charge on any atom is -0.497 e. The summed E-state index contributed by atoms with van der Waals surface area (Å²) in [6, 6.07) is 7.30. The quantitative estimate of drug-likeness (QED) is 0.712. The Bertz CT molecular complexity index is 906. The van der Waals surface area contributed by atoms with Crippen LogP contribution in [0.25, 0.3) is 10.9 Å². The van der Waals surface area contributed by atoms with Crippen LogP contribution in [0.15, 0.2) is 29.1 Å². The molecule has 1 aliphatic carbocycles. The zero-order valence-electron chi connectivity index (χ0n) is 16.8. The van der Waals surface area contributed by atoms with E-state index in [0.717, 1.165) is 56.2 Å². The summed E-state index contributed by atoms with van der Waals surface area (Å²) in [4.78, 5) is 28.5. The molecule has 0 radical (unpaired) electrons. The van der Waals surface area contributed by atoms with E-state index in [4.69, 9.17) is 4.74 Å². The van der Waals surface area contributed by atoms with Gasteiger partial charge in [-0.25, -0.2) is 0 Å². The van der Waals surface area contributed by atoms with Crippen molar-refractivity contribution in [2.24, 2.45) is 5.92 Å². The van der Waals surface area contributed by atoms with Crippen LogP contribution in [0, 0.1) is 5.92 Å². The summed E-state index contributed by atoms with van der Waals surface area (Å²) in [5.41, 5.74) is 1.31. The molecular formula is C23H30N2O3. The normalized spacial score (nSPS) is 18.6. The molecule has 1 aromatic heterocycles. The van der Waals surface area contributed by atoms with E-state index in [2.05, 4.69) is 4.90 Å². The molecule has 150 valence electrons. The molecule has 0 amide bonds. The number of aromatic nitrogens is 1. The highest BCUT2D eigenvalue weighted by Gasteiger charge is 2.26. The minimum absolute atomic E-state index is 0.0638. The minimum atomic E-state index is -0.0842. The molecule has 1 saturated carbocycles. The average Bonchev–Trinajstić information content (AvgIpc) is 3.27. The van der Waals surface area contributed by atoms with Crippen molar-refractivity contribution in [3.63, 3.8) is 0 Å². The number of benzene rings is 1. The topological polar surface area (TPSA) is 51.5 Å². The molecule has 28 heavy (non-hydrogen) atoms. The highest BCUT2D eigenvalue weighted by molar-refractivity contribution is 6.08. The second-order valence-corrected chi connectivity index (χ2v) is 8.18. The molecule has 0 atom stereocenters. The van der Waals surface area contributed by atoms with Gasteiger partial charge in [0.1, 0.15) is 5.75 Å². The Hall–Kier alpha value is -2.14. The van der Waals surface area contributed by atoms with Crippen LogP contribution in [0.2, 0.25) is 0 Å². The predicted molar refractivity (Wildman–Crippen MR) is 111 cm³/mol. The number of hydrogen-bond donors (Lipinski definition) is 0. The summed E-state index contributed by atoms with van der Waals surface area (Å²) in [5, 5.41) is 0.871. The number of carbonyl (C=O) groups is 1. The van der Waals surface area contributed by atoms with Crippen molar-refractivity contribution in [3.8, 4) is 5.75 Å². The highest BCUT2D eigenvalue weighted by Crippen LogP contribution is 2.31. The Balaban J connectivity index is 1.72. The van der Waals surface area contributed by atoms with Crippen molar-refractivity contribution in [1.29, 1.82) is 0 Å². The van der Waals surface area contributed by atoms with Crippen LogP contribution >= 0.6 is 0 Å². The van der Waals surface area contributed by atoms with Crippen LogP contribution in [0.1, 0.15) is 55.3 Å². The van der Waals surface area contributed by atoms with Crippen LogP contribution in [0.3, 0.4) is 0 Å². The third-order valence-corrected chi connectivity index (χ3v) is 6.40. The number of rotatable bonds is 6. The van der Waals surface area contributed by atoms with Gasteiger partial charge in [-0.15, -0.1) is 0 Å². The Morgan fingerprint density at radius 1 is 1.04 bits per heavy atom. The summed E-state index contributed by atoms with van der Waals surface area (Å²) < 4.78 is 7.22. The maximum absolute atomic E-state index is 13.1. The Morgan fingerprint density at radius 3 is 2.50 bits per heavy atom. The monoisotopic (exact) mass is 382 g/mol. The molecule has 1 aromatic carbocycles. The Morgan fingerprint density at radius 2 is 1.79 bits per heavy atom. The third-order valence-electron chi connectivity index (χ3n) is 6.40. The van der Waals surface area contributed by atoms with E-state index in [9.17, 15) is 9.59 Å². The van der Waals surface area contributed by atoms with Crippen LogP contribution in [0.4, 0.5) is 0 Å². The molecule has 2 heterocycles. The standard InChI is InChI=1S/C23H30N2O3/c1-28-18-9-10-19-20(23(27)17-7-3-4-8-17)16-22(26)25(21(19)15-18)14-13-24-11-5-2-6-12-24/h9-10,15-17H,2-8,11-14H2,1H3. The van der Waals surface area contributed by atoms with Gasteiger partial charge in [-0.2, -0.15) is 0 Å². The van der Waals surface area contributed by atoms with Crippen LogP contribution in [-0.2, 0) is 6.54 Å². The number of ketones is 1. The fourth-order valence-electron chi connectivity index (χ4n) is 4.75. The van der Waals surface area contributed by atoms with Crippen molar-refractivity contribution in [3.05, 3.63) is 40.2 Å². The molecule has 5 nitrogen and oxygen atoms in total. The van der Waals surface area contributed by atoms with Gasteiger partial charge >= 0.3 is 0 Å². The van der Waals surface area contributed by atoms with Gasteiger partial charge in [0, 0.05) is 42.1 Å². The third kappa shape index (κ3) is 3.86. The second-order valence-electron chi connectivity index (χ2n) is 8.18. The number of piperidine rings is 1. The number of pyridine rings is 1. The fourth-order valence-corrected chi connectivity index (χ4v) is 4.75. The Kier molecular flexibility index (Phi) is 5.81. The lowest BCUT2D eigenvalue weighted by Gasteiger charge is -2.27. The van der Waals surface area contributed by atoms with E-state index in [1.165, 1.54) is 19.3 Å². The number of nitrogens with zero attached hydrogens (tertiary/aromatic N) is 2. The zero-order valence-corrected chi connectivity index (χ0v) is 16.8. The predicted octanol–water partition coefficient (Wildman–Crippen LogP) is 3.87. The Labute approximate surface area is 166 Å². The molecular weight excluding hydrogens is 352 g/mol. The van der Waals surface area contributed by atoms with E-state index in [0.29, 0.717) is 17.9 Å². The van der Waals surface area contributed by atoms with Gasteiger partial charge in [-0.1, -0.05) is 19.3 Å². The molecule has 5 heteroatoms. The number of methoxy groups -OCH3 is 1. The van der Waals surface area contributed by atoms with Gasteiger partial charge < -0.3 is 14.2 Å². The smallest absolute Gasteiger partial charge is 0.251 e. The largest absolute Gasteiger partial charge is 0.497 e. The van der Waals surface area contributed by atoms with Crippen molar-refractivity contribution >= 4 is 16.7 Å². The summed E-state index contributed by atoms with van der Waals surface area (Å²) in [6.45, 7) is 3.71. The SMILES string of the molecule is COc1ccc2c(C(=O)C3CCCC3)cc(=O)n(CCN3CCCCC3)c2c1. The molecule has 2 fully saturated rings. The summed E-state index contributed by atoms with van der Waals surface area (Å²) in [7, 11) is 1.63. The van der Waals surface area contributed by atoms with Crippen LogP contribution in [0.5, 0.6) is 5.75 Å². The van der Waals surface area contributed by atoms with E-state index in [-0.39, 0.29) is 17.3 Å². The zero-order chi connectivity index (χ0) is 19.5. The van der Waals surface area contributed by atoms with Gasteiger partial charge in [0.2, 0.25) is 0 Å². The van der Waals surface area contributed by atoms with Gasteiger partial charge in [0.05, 0.1) is 12.6 Å². The number of ether oxygens (including phenoxy) is 1. The number of Topliss-reactive ketones (excluding diaryl/α,β-unsaturated/α-hetero) is 1. The van der Waals surface area contributed by atoms with Gasteiger partial charge in [0.25, 0.3) is 5.56 Å². The first-order valence-electron chi connectivity index (χ1n) is 10.7. The summed E-state index contributed by atoms with van der Waals surface area (Å²) in [6.07, 6.45) is 7.86. The molecule has 4 rings (SSSR count). The molecule has 0 N–H and O–H groups in total. The number of hydrogen-bond acceptors (Lipinski definition) is 4. The van der Waals surface area contributed by atoms with E-state index < -0.39 is 0 Å². The molecule has 2 aliphatic rings. The number of fused-ring (bicyclic) bond motifs is 1. The number of likely N-dealkylation sites (tertiary alicyclic amines) is 1. The molecule has 2 aromatic rings. The molecule has 0 unspecified atom stereocenters. The summed E-state index contributed by atoms with van der Waals surface area (Å²) >= 11 is 0. The summed E-state index contributed by atoms with van der Waals surface area (Å²) in [5.74, 6) is 0.908. The molecule has 0 bridgehead atoms. The first-order valence-corrected chi connectivity index (χ1v) is 10.7. The van der Waals surface area contributed by atoms with Gasteiger partial charge in [-0.05, 0) is 50.9 Å². The lowest BCUT2D eigenvalue weighted by atomic mass is 9.94. The molecule has 1 saturated heterocycles. The highest BCUT2D eigenvalue weighted by atomic mass is 16.5. The van der Waals surface area contributed by atoms with E-state index >= 15 is 0 Å². The van der Waals surface area contributed by atoms with Crippen LogP contribution in [-0.4, -0.2) is 42.0 Å². The molecule has 1 aliphatic heterocycles. The second kappa shape index (κ2) is 8.48. The number of carbonyl (C=O) groups excluding carboxylic acids is 1. The maximum Gasteiger partial charge on any atom is 0.251 e. The first kappa shape index (κ1) is 19.2. The van der Waals surface area contributed by atoms with Crippen LogP contribution < -0.4 is 10.3 Å². The van der Waals surface area contributed by atoms with Gasteiger partial charge in [-0.3, -0.25) is 9.59 Å². The van der Waals surface area contributed by atoms with Crippen molar-refractivity contribution in [1.82, 2.24) is 9.47 Å². The maximum atomic E-state index is 13.1. The lowest BCUT2D eigenvalue weighted by Crippen LogP contribution is -2.35. The van der Waals surface area contributed by atoms with E-state index in [1.807, 2.05) is 22.8 Å². The van der Waals surface area contributed by atoms with Gasteiger partial charge in [0.15, 0.2) is 5.78 Å². The van der Waals surface area contributed by atoms with E-state index in [1.54, 1.807) is 13.2 Å².